The van der Waals surface area contributed by atoms with Crippen LogP contribution in [0.1, 0.15) is 18.5 Å². The van der Waals surface area contributed by atoms with E-state index < -0.39 is 0 Å². The monoisotopic (exact) mass is 161 g/mol. The minimum Gasteiger partial charge on any atom is -0.324 e. The highest BCUT2D eigenvalue weighted by Crippen LogP contribution is 2.05. The Balaban J connectivity index is 0.000000810. The van der Waals surface area contributed by atoms with Crippen LogP contribution in [0.4, 0.5) is 0 Å². The van der Waals surface area contributed by atoms with Crippen molar-refractivity contribution in [3.63, 3.8) is 0 Å². The molecule has 1 heterocycles. The minimum absolute atomic E-state index is 0. The molecule has 0 aliphatic heterocycles. The molecule has 0 fully saturated rings. The van der Waals surface area contributed by atoms with Gasteiger partial charge in [-0.2, -0.15) is 5.10 Å². The molecule has 0 unspecified atom stereocenters. The first-order chi connectivity index (χ1) is 4.20. The standard InChI is InChI=1S/C6H11N3.ClH/c1-5(7)6-3-8-9(2)4-6;/h3-5H,7H2,1-2H3;1H/t5-;/m1./s1. The molecule has 0 saturated carbocycles. The van der Waals surface area contributed by atoms with Crippen molar-refractivity contribution in [2.24, 2.45) is 12.8 Å². The van der Waals surface area contributed by atoms with Crippen LogP contribution in [0.15, 0.2) is 12.4 Å². The summed E-state index contributed by atoms with van der Waals surface area (Å²) in [7, 11) is 1.88. The van der Waals surface area contributed by atoms with E-state index in [0.29, 0.717) is 0 Å². The maximum atomic E-state index is 5.57. The van der Waals surface area contributed by atoms with Gasteiger partial charge in [0.2, 0.25) is 0 Å². The van der Waals surface area contributed by atoms with E-state index in [0.717, 1.165) is 5.56 Å². The van der Waals surface area contributed by atoms with Crippen LogP contribution >= 0.6 is 12.4 Å². The number of aromatic nitrogens is 2. The van der Waals surface area contributed by atoms with Crippen molar-refractivity contribution in [1.82, 2.24) is 9.78 Å². The number of hydrogen-bond donors (Lipinski definition) is 1. The predicted octanol–water partition coefficient (Wildman–Crippen LogP) is 0.862. The summed E-state index contributed by atoms with van der Waals surface area (Å²) >= 11 is 0. The van der Waals surface area contributed by atoms with Crippen LogP contribution in [0, 0.1) is 0 Å². The molecule has 1 aromatic heterocycles. The summed E-state index contributed by atoms with van der Waals surface area (Å²) in [5.74, 6) is 0. The molecule has 2 N–H and O–H groups in total. The summed E-state index contributed by atoms with van der Waals surface area (Å²) in [6.07, 6.45) is 3.70. The van der Waals surface area contributed by atoms with E-state index in [1.165, 1.54) is 0 Å². The van der Waals surface area contributed by atoms with Gasteiger partial charge in [0.1, 0.15) is 0 Å². The van der Waals surface area contributed by atoms with Gasteiger partial charge in [-0.3, -0.25) is 4.68 Å². The van der Waals surface area contributed by atoms with Crippen molar-refractivity contribution in [1.29, 1.82) is 0 Å². The molecule has 0 aromatic carbocycles. The first kappa shape index (κ1) is 9.46. The Bertz CT molecular complexity index is 195. The van der Waals surface area contributed by atoms with Gasteiger partial charge >= 0.3 is 0 Å². The number of hydrogen-bond acceptors (Lipinski definition) is 2. The average molecular weight is 162 g/mol. The van der Waals surface area contributed by atoms with Crippen molar-refractivity contribution in [3.05, 3.63) is 18.0 Å². The lowest BCUT2D eigenvalue weighted by Crippen LogP contribution is -2.03. The Hall–Kier alpha value is -0.540. The maximum Gasteiger partial charge on any atom is 0.0537 e. The fraction of sp³-hybridized carbons (Fsp3) is 0.500. The normalized spacial score (nSPS) is 12.3. The molecule has 0 aliphatic rings. The van der Waals surface area contributed by atoms with Gasteiger partial charge < -0.3 is 5.73 Å². The number of nitrogens with two attached hydrogens (primary N) is 1. The molecule has 0 amide bonds. The molecule has 1 atom stereocenters. The van der Waals surface area contributed by atoms with Crippen molar-refractivity contribution >= 4 is 12.4 Å². The van der Waals surface area contributed by atoms with E-state index in [9.17, 15) is 0 Å². The lowest BCUT2D eigenvalue weighted by molar-refractivity contribution is 0.762. The SMILES string of the molecule is C[C@@H](N)c1cnn(C)c1.Cl. The van der Waals surface area contributed by atoms with Gasteiger partial charge in [-0.15, -0.1) is 12.4 Å². The highest BCUT2D eigenvalue weighted by Gasteiger charge is 1.98. The number of aryl methyl sites for hydroxylation is 1. The smallest absolute Gasteiger partial charge is 0.0537 e. The van der Waals surface area contributed by atoms with E-state index in [2.05, 4.69) is 5.10 Å². The number of rotatable bonds is 1. The minimum atomic E-state index is 0. The second kappa shape index (κ2) is 3.58. The molecule has 4 heteroatoms. The molecular weight excluding hydrogens is 150 g/mol. The Labute approximate surface area is 66.6 Å². The second-order valence-electron chi connectivity index (χ2n) is 2.24. The molecule has 58 valence electrons. The lowest BCUT2D eigenvalue weighted by atomic mass is 10.2. The fourth-order valence-corrected chi connectivity index (χ4v) is 0.675. The molecule has 0 radical (unpaired) electrons. The van der Waals surface area contributed by atoms with Gasteiger partial charge in [-0.1, -0.05) is 0 Å². The average Bonchev–Trinajstić information content (AvgIpc) is 2.14. The van der Waals surface area contributed by atoms with Gasteiger partial charge in [-0.05, 0) is 6.92 Å². The molecule has 0 saturated heterocycles. The van der Waals surface area contributed by atoms with Crippen LogP contribution in [0.5, 0.6) is 0 Å². The highest BCUT2D eigenvalue weighted by atomic mass is 35.5. The van der Waals surface area contributed by atoms with Gasteiger partial charge in [0.05, 0.1) is 6.20 Å². The van der Waals surface area contributed by atoms with Crippen molar-refractivity contribution in [3.8, 4) is 0 Å². The summed E-state index contributed by atoms with van der Waals surface area (Å²) in [4.78, 5) is 0. The van der Waals surface area contributed by atoms with E-state index in [4.69, 9.17) is 5.73 Å². The van der Waals surface area contributed by atoms with Crippen LogP contribution < -0.4 is 5.73 Å². The van der Waals surface area contributed by atoms with Crippen LogP contribution in [-0.4, -0.2) is 9.78 Å². The third kappa shape index (κ3) is 2.01. The predicted molar refractivity (Wildman–Crippen MR) is 43.1 cm³/mol. The van der Waals surface area contributed by atoms with Gasteiger partial charge in [0.25, 0.3) is 0 Å². The van der Waals surface area contributed by atoms with Gasteiger partial charge in [0.15, 0.2) is 0 Å². The zero-order valence-corrected chi connectivity index (χ0v) is 6.93. The fourth-order valence-electron chi connectivity index (χ4n) is 0.675. The summed E-state index contributed by atoms with van der Waals surface area (Å²) in [5, 5.41) is 3.97. The van der Waals surface area contributed by atoms with Crippen molar-refractivity contribution in [2.45, 2.75) is 13.0 Å². The summed E-state index contributed by atoms with van der Waals surface area (Å²) in [5.41, 5.74) is 6.65. The largest absolute Gasteiger partial charge is 0.324 e. The third-order valence-electron chi connectivity index (χ3n) is 1.25. The number of halogens is 1. The van der Waals surface area contributed by atoms with Crippen LogP contribution in [0.3, 0.4) is 0 Å². The molecular formula is C6H12ClN3. The van der Waals surface area contributed by atoms with E-state index >= 15 is 0 Å². The summed E-state index contributed by atoms with van der Waals surface area (Å²) in [6.45, 7) is 1.94. The topological polar surface area (TPSA) is 43.8 Å². The molecule has 0 aliphatic carbocycles. The quantitative estimate of drug-likeness (QED) is 0.664. The Kier molecular flexibility index (Phi) is 3.39. The van der Waals surface area contributed by atoms with Crippen LogP contribution in [0.25, 0.3) is 0 Å². The summed E-state index contributed by atoms with van der Waals surface area (Å²) in [6, 6.07) is 0.0960. The van der Waals surface area contributed by atoms with Crippen molar-refractivity contribution in [2.75, 3.05) is 0 Å². The Morgan fingerprint density at radius 3 is 2.50 bits per heavy atom. The molecule has 0 spiro atoms. The summed E-state index contributed by atoms with van der Waals surface area (Å²) < 4.78 is 1.75. The maximum absolute atomic E-state index is 5.57. The first-order valence-corrected chi connectivity index (χ1v) is 2.94. The van der Waals surface area contributed by atoms with E-state index in [1.807, 2.05) is 20.2 Å². The van der Waals surface area contributed by atoms with Crippen molar-refractivity contribution < 1.29 is 0 Å². The van der Waals surface area contributed by atoms with Gasteiger partial charge in [0, 0.05) is 24.8 Å². The molecule has 1 aromatic rings. The van der Waals surface area contributed by atoms with Crippen LogP contribution in [0.2, 0.25) is 0 Å². The highest BCUT2D eigenvalue weighted by molar-refractivity contribution is 5.85. The Morgan fingerprint density at radius 2 is 2.30 bits per heavy atom. The van der Waals surface area contributed by atoms with Gasteiger partial charge in [-0.25, -0.2) is 0 Å². The molecule has 10 heavy (non-hydrogen) atoms. The molecule has 3 nitrogen and oxygen atoms in total. The zero-order chi connectivity index (χ0) is 6.85. The third-order valence-corrected chi connectivity index (χ3v) is 1.25. The number of nitrogens with zero attached hydrogens (tertiary/aromatic N) is 2. The van der Waals surface area contributed by atoms with Crippen LogP contribution in [-0.2, 0) is 7.05 Å². The van der Waals surface area contributed by atoms with E-state index in [-0.39, 0.29) is 18.4 Å². The zero-order valence-electron chi connectivity index (χ0n) is 6.11. The first-order valence-electron chi connectivity index (χ1n) is 2.94. The Morgan fingerprint density at radius 1 is 1.70 bits per heavy atom. The molecule has 0 bridgehead atoms. The lowest BCUT2D eigenvalue weighted by Gasteiger charge is -1.96. The van der Waals surface area contributed by atoms with E-state index in [1.54, 1.807) is 10.9 Å². The second-order valence-corrected chi connectivity index (χ2v) is 2.24. The molecule has 1 rings (SSSR count).